The largest absolute Gasteiger partial charge is 0.335 e. The van der Waals surface area contributed by atoms with Gasteiger partial charge in [-0.25, -0.2) is 0 Å². The van der Waals surface area contributed by atoms with E-state index < -0.39 is 30.2 Å². The summed E-state index contributed by atoms with van der Waals surface area (Å²) in [6, 6.07) is 13.1. The van der Waals surface area contributed by atoms with Crippen molar-refractivity contribution in [1.82, 2.24) is 9.80 Å². The van der Waals surface area contributed by atoms with Gasteiger partial charge >= 0.3 is 0 Å². The molecule has 0 aromatic heterocycles. The van der Waals surface area contributed by atoms with E-state index in [2.05, 4.69) is 5.32 Å². The average molecular weight is 386 g/mol. The number of anilines is 1. The van der Waals surface area contributed by atoms with Gasteiger partial charge in [-0.15, -0.1) is 0 Å². The van der Waals surface area contributed by atoms with E-state index in [-0.39, 0.29) is 17.7 Å². The van der Waals surface area contributed by atoms with Crippen molar-refractivity contribution in [3.8, 4) is 0 Å². The first-order chi connectivity index (χ1) is 12.9. The Morgan fingerprint density at radius 3 is 2.15 bits per heavy atom. The van der Waals surface area contributed by atoms with Gasteiger partial charge in [-0.2, -0.15) is 0 Å². The summed E-state index contributed by atoms with van der Waals surface area (Å²) in [4.78, 5) is 51.1. The lowest BCUT2D eigenvalue weighted by molar-refractivity contribution is -0.133. The van der Waals surface area contributed by atoms with E-state index in [1.807, 2.05) is 0 Å². The number of carbonyl (C=O) groups excluding carboxylic acids is 4. The summed E-state index contributed by atoms with van der Waals surface area (Å²) in [5, 5.41) is 2.99. The molecule has 27 heavy (non-hydrogen) atoms. The van der Waals surface area contributed by atoms with Crippen LogP contribution in [0.3, 0.4) is 0 Å². The molecule has 0 radical (unpaired) electrons. The second kappa shape index (κ2) is 7.59. The molecule has 0 spiro atoms. The third-order valence-corrected chi connectivity index (χ3v) is 4.46. The van der Waals surface area contributed by atoms with Crippen molar-refractivity contribution >= 4 is 40.9 Å². The van der Waals surface area contributed by atoms with Gasteiger partial charge in [-0.05, 0) is 24.3 Å². The number of amides is 4. The van der Waals surface area contributed by atoms with E-state index in [4.69, 9.17) is 11.6 Å². The predicted octanol–water partition coefficient (Wildman–Crippen LogP) is 2.03. The molecule has 0 fully saturated rings. The van der Waals surface area contributed by atoms with Gasteiger partial charge in [0.2, 0.25) is 11.8 Å². The van der Waals surface area contributed by atoms with E-state index in [0.29, 0.717) is 10.7 Å². The summed E-state index contributed by atoms with van der Waals surface area (Å²) in [5.41, 5.74) is 0.981. The molecule has 2 aromatic carbocycles. The SMILES string of the molecule is CN(CC(=O)Nc1ccccc1Cl)C(=O)CN1C(=O)c2ccccc2C1=O. The van der Waals surface area contributed by atoms with Gasteiger partial charge in [0.15, 0.2) is 0 Å². The van der Waals surface area contributed by atoms with E-state index in [1.54, 1.807) is 48.5 Å². The van der Waals surface area contributed by atoms with E-state index >= 15 is 0 Å². The monoisotopic (exact) mass is 385 g/mol. The minimum Gasteiger partial charge on any atom is -0.335 e. The van der Waals surface area contributed by atoms with Crippen LogP contribution in [0.1, 0.15) is 20.7 Å². The number of likely N-dealkylation sites (N-methyl/N-ethyl adjacent to an activating group) is 1. The zero-order chi connectivity index (χ0) is 19.6. The van der Waals surface area contributed by atoms with Gasteiger partial charge in [0.25, 0.3) is 11.8 Å². The Labute approximate surface area is 160 Å². The van der Waals surface area contributed by atoms with Gasteiger partial charge in [0.1, 0.15) is 6.54 Å². The summed E-state index contributed by atoms with van der Waals surface area (Å²) in [7, 11) is 1.42. The molecule has 0 saturated heterocycles. The molecule has 138 valence electrons. The van der Waals surface area contributed by atoms with Crippen LogP contribution in [-0.4, -0.2) is 53.6 Å². The molecule has 7 nitrogen and oxygen atoms in total. The van der Waals surface area contributed by atoms with Crippen molar-refractivity contribution in [2.45, 2.75) is 0 Å². The lowest BCUT2D eigenvalue weighted by Gasteiger charge is -2.20. The molecule has 8 heteroatoms. The number of hydrogen-bond acceptors (Lipinski definition) is 4. The van der Waals surface area contributed by atoms with Gasteiger partial charge < -0.3 is 10.2 Å². The second-order valence-electron chi connectivity index (χ2n) is 6.02. The third-order valence-electron chi connectivity index (χ3n) is 4.13. The molecule has 1 aliphatic rings. The molecule has 1 aliphatic heterocycles. The highest BCUT2D eigenvalue weighted by molar-refractivity contribution is 6.33. The Balaban J connectivity index is 1.60. The first-order valence-corrected chi connectivity index (χ1v) is 8.50. The second-order valence-corrected chi connectivity index (χ2v) is 6.43. The van der Waals surface area contributed by atoms with E-state index in [0.717, 1.165) is 9.80 Å². The minimum atomic E-state index is -0.529. The molecule has 0 aliphatic carbocycles. The number of benzene rings is 2. The average Bonchev–Trinajstić information content (AvgIpc) is 2.89. The lowest BCUT2D eigenvalue weighted by Crippen LogP contribution is -2.43. The van der Waals surface area contributed by atoms with Gasteiger partial charge in [0.05, 0.1) is 28.4 Å². The van der Waals surface area contributed by atoms with Crippen LogP contribution in [0.2, 0.25) is 5.02 Å². The van der Waals surface area contributed by atoms with Crippen molar-refractivity contribution in [2.24, 2.45) is 0 Å². The minimum absolute atomic E-state index is 0.243. The van der Waals surface area contributed by atoms with Crippen LogP contribution in [-0.2, 0) is 9.59 Å². The maximum Gasteiger partial charge on any atom is 0.262 e. The van der Waals surface area contributed by atoms with E-state index in [1.165, 1.54) is 7.05 Å². The maximum atomic E-state index is 12.4. The van der Waals surface area contributed by atoms with Crippen LogP contribution in [0.5, 0.6) is 0 Å². The van der Waals surface area contributed by atoms with Crippen molar-refractivity contribution in [2.75, 3.05) is 25.5 Å². The Bertz CT molecular complexity index is 909. The zero-order valence-corrected chi connectivity index (χ0v) is 15.2. The molecule has 4 amide bonds. The number of fused-ring (bicyclic) bond motifs is 1. The Morgan fingerprint density at radius 1 is 1.00 bits per heavy atom. The van der Waals surface area contributed by atoms with E-state index in [9.17, 15) is 19.2 Å². The molecule has 0 saturated carbocycles. The van der Waals surface area contributed by atoms with Crippen LogP contribution in [0.25, 0.3) is 0 Å². The fraction of sp³-hybridized carbons (Fsp3) is 0.158. The van der Waals surface area contributed by atoms with Crippen LogP contribution in [0.15, 0.2) is 48.5 Å². The fourth-order valence-electron chi connectivity index (χ4n) is 2.69. The van der Waals surface area contributed by atoms with Crippen LogP contribution < -0.4 is 5.32 Å². The molecule has 1 heterocycles. The Hall–Kier alpha value is -3.19. The summed E-state index contributed by atoms with van der Waals surface area (Å²) in [6.45, 7) is -0.671. The van der Waals surface area contributed by atoms with Crippen LogP contribution in [0, 0.1) is 0 Å². The summed E-state index contributed by atoms with van der Waals surface area (Å²) >= 11 is 5.98. The maximum absolute atomic E-state index is 12.4. The fourth-order valence-corrected chi connectivity index (χ4v) is 2.88. The lowest BCUT2D eigenvalue weighted by atomic mass is 10.1. The summed E-state index contributed by atoms with van der Waals surface area (Å²) in [5.74, 6) is -2.00. The first-order valence-electron chi connectivity index (χ1n) is 8.12. The quantitative estimate of drug-likeness (QED) is 0.798. The summed E-state index contributed by atoms with van der Waals surface area (Å²) < 4.78 is 0. The Morgan fingerprint density at radius 2 is 1.56 bits per heavy atom. The highest BCUT2D eigenvalue weighted by atomic mass is 35.5. The highest BCUT2D eigenvalue weighted by Gasteiger charge is 2.36. The number of hydrogen-bond donors (Lipinski definition) is 1. The number of nitrogens with one attached hydrogen (secondary N) is 1. The summed E-state index contributed by atoms with van der Waals surface area (Å²) in [6.07, 6.45) is 0. The molecule has 0 unspecified atom stereocenters. The van der Waals surface area contributed by atoms with Crippen LogP contribution >= 0.6 is 11.6 Å². The molecule has 0 atom stereocenters. The molecular weight excluding hydrogens is 370 g/mol. The molecule has 3 rings (SSSR count). The highest BCUT2D eigenvalue weighted by Crippen LogP contribution is 2.22. The van der Waals surface area contributed by atoms with Crippen molar-refractivity contribution in [3.63, 3.8) is 0 Å². The number of para-hydroxylation sites is 1. The zero-order valence-electron chi connectivity index (χ0n) is 14.4. The topological polar surface area (TPSA) is 86.8 Å². The Kier molecular flexibility index (Phi) is 5.23. The number of rotatable bonds is 5. The molecule has 1 N–H and O–H groups in total. The predicted molar refractivity (Wildman–Crippen MR) is 99.5 cm³/mol. The number of imide groups is 1. The van der Waals surface area contributed by atoms with Crippen molar-refractivity contribution in [1.29, 1.82) is 0 Å². The molecule has 2 aromatic rings. The number of nitrogens with zero attached hydrogens (tertiary/aromatic N) is 2. The van der Waals surface area contributed by atoms with Crippen molar-refractivity contribution in [3.05, 3.63) is 64.7 Å². The van der Waals surface area contributed by atoms with Gasteiger partial charge in [0, 0.05) is 7.05 Å². The first kappa shape index (κ1) is 18.6. The van der Waals surface area contributed by atoms with Crippen molar-refractivity contribution < 1.29 is 19.2 Å². The number of carbonyl (C=O) groups is 4. The normalized spacial score (nSPS) is 12.7. The smallest absolute Gasteiger partial charge is 0.262 e. The van der Waals surface area contributed by atoms with Crippen LogP contribution in [0.4, 0.5) is 5.69 Å². The standard InChI is InChI=1S/C19H16ClN3O4/c1-22(10-16(24)21-15-9-5-4-8-14(15)20)17(25)11-23-18(26)12-6-2-3-7-13(12)19(23)27/h2-9H,10-11H2,1H3,(H,21,24). The number of halogens is 1. The molecular formula is C19H16ClN3O4. The third kappa shape index (κ3) is 3.83. The van der Waals surface area contributed by atoms with Gasteiger partial charge in [-0.3, -0.25) is 24.1 Å². The van der Waals surface area contributed by atoms with Gasteiger partial charge in [-0.1, -0.05) is 35.9 Å². The molecule has 0 bridgehead atoms.